The van der Waals surface area contributed by atoms with Crippen molar-refractivity contribution in [3.05, 3.63) is 105 Å². The number of amides is 1. The second-order valence-electron chi connectivity index (χ2n) is 8.09. The quantitative estimate of drug-likeness (QED) is 0.208. The summed E-state index contributed by atoms with van der Waals surface area (Å²) in [5, 5.41) is 11.2. The second-order valence-corrected chi connectivity index (χ2v) is 8.94. The summed E-state index contributed by atoms with van der Waals surface area (Å²) >= 11 is 3.44. The maximum atomic E-state index is 13.2. The van der Waals surface area contributed by atoms with Crippen molar-refractivity contribution in [1.82, 2.24) is 9.88 Å². The molecule has 1 N–H and O–H groups in total. The van der Waals surface area contributed by atoms with Crippen molar-refractivity contribution in [2.75, 3.05) is 6.61 Å². The predicted octanol–water partition coefficient (Wildman–Crippen LogP) is 4.95. The summed E-state index contributed by atoms with van der Waals surface area (Å²) in [7, 11) is 0. The van der Waals surface area contributed by atoms with E-state index in [1.807, 2.05) is 6.92 Å². The lowest BCUT2D eigenvalue weighted by Gasteiger charge is -2.25. The summed E-state index contributed by atoms with van der Waals surface area (Å²) in [6.45, 7) is 3.99. The Balaban J connectivity index is 1.76. The average Bonchev–Trinajstić information content (AvgIpc) is 3.11. The number of likely N-dealkylation sites (tertiary alicyclic amines) is 1. The molecular formula is C27H23BrN2O5. The van der Waals surface area contributed by atoms with Gasteiger partial charge in [0.05, 0.1) is 23.8 Å². The fourth-order valence-electron chi connectivity index (χ4n) is 4.04. The highest BCUT2D eigenvalue weighted by molar-refractivity contribution is 9.10. The number of hydrogen-bond donors (Lipinski definition) is 1. The third-order valence-corrected chi connectivity index (χ3v) is 6.70. The van der Waals surface area contributed by atoms with Gasteiger partial charge in [-0.1, -0.05) is 34.1 Å². The Hall–Kier alpha value is -3.78. The van der Waals surface area contributed by atoms with Gasteiger partial charge in [-0.25, -0.2) is 4.79 Å². The van der Waals surface area contributed by atoms with Gasteiger partial charge in [-0.3, -0.25) is 14.6 Å². The van der Waals surface area contributed by atoms with Crippen LogP contribution in [-0.2, 0) is 20.9 Å². The molecule has 1 aliphatic rings. The van der Waals surface area contributed by atoms with Crippen LogP contribution in [0.15, 0.2) is 77.0 Å². The van der Waals surface area contributed by atoms with E-state index < -0.39 is 23.7 Å². The SMILES string of the molecule is CCOC(=O)c1ccc(CN2C(=O)C(=O)/C(=C(\O)c3ccc(Br)c(C)c3)C2c2ccncc2)cc1. The van der Waals surface area contributed by atoms with E-state index in [-0.39, 0.29) is 24.5 Å². The van der Waals surface area contributed by atoms with Crippen molar-refractivity contribution in [2.45, 2.75) is 26.4 Å². The van der Waals surface area contributed by atoms with Crippen LogP contribution >= 0.6 is 15.9 Å². The minimum Gasteiger partial charge on any atom is -0.507 e. The fourth-order valence-corrected chi connectivity index (χ4v) is 4.29. The lowest BCUT2D eigenvalue weighted by molar-refractivity contribution is -0.140. The Labute approximate surface area is 211 Å². The molecule has 0 saturated carbocycles. The van der Waals surface area contributed by atoms with Gasteiger partial charge in [-0.05, 0) is 66.9 Å². The number of esters is 1. The van der Waals surface area contributed by atoms with Crippen molar-refractivity contribution in [3.63, 3.8) is 0 Å². The number of ether oxygens (including phenoxy) is 1. The molecule has 7 nitrogen and oxygen atoms in total. The summed E-state index contributed by atoms with van der Waals surface area (Å²) in [5.41, 5.74) is 3.11. The molecule has 4 rings (SSSR count). The Bertz CT molecular complexity index is 1320. The van der Waals surface area contributed by atoms with Crippen LogP contribution in [0, 0.1) is 6.92 Å². The van der Waals surface area contributed by atoms with E-state index in [2.05, 4.69) is 20.9 Å². The molecule has 1 aliphatic heterocycles. The standard InChI is InChI=1S/C27H23BrN2O5/c1-3-35-27(34)19-6-4-17(5-7-19)15-30-23(18-10-12-29-13-11-18)22(25(32)26(30)33)24(31)20-8-9-21(28)16(2)14-20/h4-14,23,31H,3,15H2,1-2H3/b24-22-. The number of aliphatic hydroxyl groups is 1. The first-order valence-corrected chi connectivity index (χ1v) is 11.8. The first-order chi connectivity index (χ1) is 16.8. The molecule has 0 bridgehead atoms. The summed E-state index contributed by atoms with van der Waals surface area (Å²) < 4.78 is 5.88. The van der Waals surface area contributed by atoms with Crippen LogP contribution in [0.4, 0.5) is 0 Å². The van der Waals surface area contributed by atoms with Gasteiger partial charge in [0, 0.05) is 29.0 Å². The lowest BCUT2D eigenvalue weighted by Crippen LogP contribution is -2.29. The second kappa shape index (κ2) is 10.2. The van der Waals surface area contributed by atoms with E-state index in [0.29, 0.717) is 16.7 Å². The van der Waals surface area contributed by atoms with Gasteiger partial charge in [0.2, 0.25) is 0 Å². The van der Waals surface area contributed by atoms with Crippen LogP contribution in [0.1, 0.15) is 45.6 Å². The lowest BCUT2D eigenvalue weighted by atomic mass is 9.95. The first kappa shape index (κ1) is 24.3. The number of aliphatic hydroxyl groups excluding tert-OH is 1. The molecule has 1 amide bonds. The van der Waals surface area contributed by atoms with Crippen LogP contribution in [-0.4, -0.2) is 39.3 Å². The van der Waals surface area contributed by atoms with Gasteiger partial charge >= 0.3 is 5.97 Å². The molecule has 2 heterocycles. The fraction of sp³-hybridized carbons (Fsp3) is 0.185. The zero-order chi connectivity index (χ0) is 25.1. The van der Waals surface area contributed by atoms with E-state index in [9.17, 15) is 19.5 Å². The summed E-state index contributed by atoms with van der Waals surface area (Å²) in [6, 6.07) is 14.5. The summed E-state index contributed by atoms with van der Waals surface area (Å²) in [5.74, 6) is -2.13. The Morgan fingerprint density at radius 3 is 2.34 bits per heavy atom. The number of aromatic nitrogens is 1. The van der Waals surface area contributed by atoms with Gasteiger partial charge < -0.3 is 14.7 Å². The van der Waals surface area contributed by atoms with Gasteiger partial charge in [-0.15, -0.1) is 0 Å². The minimum absolute atomic E-state index is 0.0195. The van der Waals surface area contributed by atoms with Crippen LogP contribution in [0.25, 0.3) is 5.76 Å². The van der Waals surface area contributed by atoms with E-state index >= 15 is 0 Å². The molecule has 1 fully saturated rings. The molecule has 1 unspecified atom stereocenters. The van der Waals surface area contributed by atoms with Crippen LogP contribution in [0.2, 0.25) is 0 Å². The van der Waals surface area contributed by atoms with Crippen molar-refractivity contribution < 1.29 is 24.2 Å². The topological polar surface area (TPSA) is 96.8 Å². The van der Waals surface area contributed by atoms with Gasteiger partial charge in [0.25, 0.3) is 11.7 Å². The number of rotatable bonds is 6. The molecule has 35 heavy (non-hydrogen) atoms. The van der Waals surface area contributed by atoms with Gasteiger partial charge in [0.1, 0.15) is 5.76 Å². The maximum Gasteiger partial charge on any atom is 0.338 e. The van der Waals surface area contributed by atoms with Crippen LogP contribution in [0.5, 0.6) is 0 Å². The Morgan fingerprint density at radius 2 is 1.71 bits per heavy atom. The van der Waals surface area contributed by atoms with E-state index in [1.54, 1.807) is 73.9 Å². The molecule has 178 valence electrons. The Kier molecular flexibility index (Phi) is 7.12. The smallest absolute Gasteiger partial charge is 0.338 e. The Morgan fingerprint density at radius 1 is 1.06 bits per heavy atom. The molecule has 1 saturated heterocycles. The van der Waals surface area contributed by atoms with Crippen molar-refractivity contribution >= 4 is 39.3 Å². The summed E-state index contributed by atoms with van der Waals surface area (Å²) in [6.07, 6.45) is 3.15. The third-order valence-electron chi connectivity index (χ3n) is 5.81. The number of nitrogens with zero attached hydrogens (tertiary/aromatic N) is 2. The molecule has 0 spiro atoms. The van der Waals surface area contributed by atoms with Crippen molar-refractivity contribution in [2.24, 2.45) is 0 Å². The van der Waals surface area contributed by atoms with Crippen LogP contribution < -0.4 is 0 Å². The van der Waals surface area contributed by atoms with E-state index in [4.69, 9.17) is 4.74 Å². The number of halogens is 1. The number of benzene rings is 2. The zero-order valence-electron chi connectivity index (χ0n) is 19.2. The molecule has 0 radical (unpaired) electrons. The normalized spacial score (nSPS) is 17.0. The van der Waals surface area contributed by atoms with E-state index in [1.165, 1.54) is 4.90 Å². The zero-order valence-corrected chi connectivity index (χ0v) is 20.8. The number of carbonyl (C=O) groups excluding carboxylic acids is 3. The molecule has 1 aromatic heterocycles. The maximum absolute atomic E-state index is 13.2. The molecular weight excluding hydrogens is 512 g/mol. The average molecular weight is 535 g/mol. The molecule has 1 atom stereocenters. The number of ketones is 1. The number of pyridine rings is 1. The highest BCUT2D eigenvalue weighted by Crippen LogP contribution is 2.40. The van der Waals surface area contributed by atoms with Crippen molar-refractivity contribution in [1.29, 1.82) is 0 Å². The van der Waals surface area contributed by atoms with Gasteiger partial charge in [-0.2, -0.15) is 0 Å². The number of carbonyl (C=O) groups is 3. The highest BCUT2D eigenvalue weighted by atomic mass is 79.9. The van der Waals surface area contributed by atoms with Gasteiger partial charge in [0.15, 0.2) is 0 Å². The van der Waals surface area contributed by atoms with E-state index in [0.717, 1.165) is 15.6 Å². The third kappa shape index (κ3) is 4.88. The first-order valence-electron chi connectivity index (χ1n) is 11.0. The number of hydrogen-bond acceptors (Lipinski definition) is 6. The molecule has 3 aromatic rings. The highest BCUT2D eigenvalue weighted by Gasteiger charge is 2.46. The van der Waals surface area contributed by atoms with Crippen molar-refractivity contribution in [3.8, 4) is 0 Å². The minimum atomic E-state index is -0.799. The monoisotopic (exact) mass is 534 g/mol. The summed E-state index contributed by atoms with van der Waals surface area (Å²) in [4.78, 5) is 43.8. The molecule has 2 aromatic carbocycles. The largest absolute Gasteiger partial charge is 0.507 e. The number of aryl methyl sites for hydroxylation is 1. The molecule has 8 heteroatoms. The van der Waals surface area contributed by atoms with Crippen LogP contribution in [0.3, 0.4) is 0 Å². The predicted molar refractivity (Wildman–Crippen MR) is 133 cm³/mol. The number of Topliss-reactive ketones (excluding diaryl/α,β-unsaturated/α-hetero) is 1. The molecule has 0 aliphatic carbocycles.